The Bertz CT molecular complexity index is 442. The van der Waals surface area contributed by atoms with Gasteiger partial charge in [-0.3, -0.25) is 0 Å². The predicted molar refractivity (Wildman–Crippen MR) is 69.0 cm³/mol. The summed E-state index contributed by atoms with van der Waals surface area (Å²) in [5.74, 6) is 0. The van der Waals surface area contributed by atoms with Crippen molar-refractivity contribution < 1.29 is 15.3 Å². The van der Waals surface area contributed by atoms with E-state index < -0.39 is 18.3 Å². The van der Waals surface area contributed by atoms with Crippen molar-refractivity contribution in [2.24, 2.45) is 0 Å². The maximum absolute atomic E-state index is 10.8. The van der Waals surface area contributed by atoms with Crippen LogP contribution in [0.15, 0.2) is 60.7 Å². The van der Waals surface area contributed by atoms with E-state index >= 15 is 0 Å². The Morgan fingerprint density at radius 1 is 0.833 bits per heavy atom. The third-order valence-corrected chi connectivity index (χ3v) is 3.08. The van der Waals surface area contributed by atoms with Crippen LogP contribution in [-0.2, 0) is 5.60 Å². The van der Waals surface area contributed by atoms with Crippen molar-refractivity contribution in [3.63, 3.8) is 0 Å². The molecule has 3 heteroatoms. The number of aliphatic hydroxyl groups excluding tert-OH is 2. The lowest BCUT2D eigenvalue weighted by Crippen LogP contribution is -2.42. The quantitative estimate of drug-likeness (QED) is 0.759. The molecule has 2 aromatic rings. The molecule has 0 aliphatic rings. The van der Waals surface area contributed by atoms with E-state index in [9.17, 15) is 15.3 Å². The molecule has 1 unspecified atom stereocenters. The van der Waals surface area contributed by atoms with Crippen LogP contribution >= 0.6 is 0 Å². The summed E-state index contributed by atoms with van der Waals surface area (Å²) < 4.78 is 0. The van der Waals surface area contributed by atoms with Gasteiger partial charge in [0.15, 0.2) is 0 Å². The second kappa shape index (κ2) is 5.31. The largest absolute Gasteiger partial charge is 0.394 e. The highest BCUT2D eigenvalue weighted by molar-refractivity contribution is 5.37. The number of hydrogen-bond acceptors (Lipinski definition) is 3. The van der Waals surface area contributed by atoms with Gasteiger partial charge in [0, 0.05) is 0 Å². The average Bonchev–Trinajstić information content (AvgIpc) is 2.47. The first-order chi connectivity index (χ1) is 8.69. The van der Waals surface area contributed by atoms with E-state index in [-0.39, 0.29) is 0 Å². The molecule has 0 bridgehead atoms. The molecular formula is C15H16O3. The molecule has 3 nitrogen and oxygen atoms in total. The first kappa shape index (κ1) is 12.8. The summed E-state index contributed by atoms with van der Waals surface area (Å²) in [6.45, 7) is -0.514. The van der Waals surface area contributed by atoms with Crippen LogP contribution in [0.5, 0.6) is 0 Å². The molecule has 2 aromatic carbocycles. The molecule has 0 aliphatic heterocycles. The van der Waals surface area contributed by atoms with Crippen molar-refractivity contribution in [1.82, 2.24) is 0 Å². The fourth-order valence-electron chi connectivity index (χ4n) is 2.07. The summed E-state index contributed by atoms with van der Waals surface area (Å²) >= 11 is 0. The van der Waals surface area contributed by atoms with Crippen LogP contribution in [0.2, 0.25) is 0 Å². The molecule has 0 spiro atoms. The second-order valence-electron chi connectivity index (χ2n) is 4.20. The molecule has 0 fully saturated rings. The topological polar surface area (TPSA) is 60.7 Å². The van der Waals surface area contributed by atoms with Crippen LogP contribution in [0.25, 0.3) is 0 Å². The van der Waals surface area contributed by atoms with Gasteiger partial charge in [0.25, 0.3) is 0 Å². The Kier molecular flexibility index (Phi) is 3.77. The van der Waals surface area contributed by atoms with Crippen molar-refractivity contribution in [2.75, 3.05) is 6.61 Å². The maximum atomic E-state index is 10.8. The smallest absolute Gasteiger partial charge is 0.143 e. The minimum Gasteiger partial charge on any atom is -0.394 e. The van der Waals surface area contributed by atoms with Crippen LogP contribution < -0.4 is 0 Å². The zero-order chi connectivity index (χ0) is 13.0. The van der Waals surface area contributed by atoms with Crippen molar-refractivity contribution in [1.29, 1.82) is 0 Å². The SMILES string of the molecule is OCC(O)C(O)(c1ccccc1)c1ccccc1. The first-order valence-electron chi connectivity index (χ1n) is 5.82. The van der Waals surface area contributed by atoms with E-state index in [4.69, 9.17) is 0 Å². The van der Waals surface area contributed by atoms with Gasteiger partial charge in [0.1, 0.15) is 11.7 Å². The van der Waals surface area contributed by atoms with Gasteiger partial charge in [-0.15, -0.1) is 0 Å². The fourth-order valence-corrected chi connectivity index (χ4v) is 2.07. The van der Waals surface area contributed by atoms with Gasteiger partial charge < -0.3 is 15.3 Å². The number of hydrogen-bond donors (Lipinski definition) is 3. The predicted octanol–water partition coefficient (Wildman–Crippen LogP) is 1.28. The zero-order valence-electron chi connectivity index (χ0n) is 9.90. The van der Waals surface area contributed by atoms with Gasteiger partial charge in [-0.2, -0.15) is 0 Å². The van der Waals surface area contributed by atoms with Crippen molar-refractivity contribution in [2.45, 2.75) is 11.7 Å². The Labute approximate surface area is 106 Å². The molecule has 18 heavy (non-hydrogen) atoms. The lowest BCUT2D eigenvalue weighted by molar-refractivity contribution is -0.0728. The van der Waals surface area contributed by atoms with E-state index in [2.05, 4.69) is 0 Å². The number of rotatable bonds is 4. The monoisotopic (exact) mass is 244 g/mol. The molecule has 0 heterocycles. The summed E-state index contributed by atoms with van der Waals surface area (Å²) in [7, 11) is 0. The van der Waals surface area contributed by atoms with Gasteiger partial charge in [0.05, 0.1) is 6.61 Å². The van der Waals surface area contributed by atoms with Crippen molar-refractivity contribution >= 4 is 0 Å². The molecular weight excluding hydrogens is 228 g/mol. The third kappa shape index (κ3) is 2.16. The van der Waals surface area contributed by atoms with Crippen LogP contribution in [-0.4, -0.2) is 28.0 Å². The molecule has 1 atom stereocenters. The molecule has 0 saturated heterocycles. The van der Waals surface area contributed by atoms with Crippen LogP contribution in [0.4, 0.5) is 0 Å². The standard InChI is InChI=1S/C15H16O3/c16-11-14(17)15(18,12-7-3-1-4-8-12)13-9-5-2-6-10-13/h1-10,14,16-18H,11H2. The average molecular weight is 244 g/mol. The van der Waals surface area contributed by atoms with Gasteiger partial charge in [0.2, 0.25) is 0 Å². The lowest BCUT2D eigenvalue weighted by atomic mass is 9.82. The first-order valence-corrected chi connectivity index (χ1v) is 5.82. The molecule has 94 valence electrons. The lowest BCUT2D eigenvalue weighted by Gasteiger charge is -2.33. The molecule has 3 N–H and O–H groups in total. The van der Waals surface area contributed by atoms with Gasteiger partial charge in [-0.05, 0) is 11.1 Å². The Hall–Kier alpha value is -1.68. The normalized spacial score (nSPS) is 13.3. The molecule has 0 radical (unpaired) electrons. The van der Waals surface area contributed by atoms with Crippen molar-refractivity contribution in [3.05, 3.63) is 71.8 Å². The molecule has 2 rings (SSSR count). The summed E-state index contributed by atoms with van der Waals surface area (Å²) in [6, 6.07) is 17.7. The summed E-state index contributed by atoms with van der Waals surface area (Å²) in [5, 5.41) is 30.0. The van der Waals surface area contributed by atoms with E-state index in [0.717, 1.165) is 0 Å². The van der Waals surface area contributed by atoms with E-state index in [1.165, 1.54) is 0 Å². The Morgan fingerprint density at radius 3 is 1.56 bits per heavy atom. The van der Waals surface area contributed by atoms with Crippen LogP contribution in [0.3, 0.4) is 0 Å². The molecule has 0 amide bonds. The second-order valence-corrected chi connectivity index (χ2v) is 4.20. The fraction of sp³-hybridized carbons (Fsp3) is 0.200. The maximum Gasteiger partial charge on any atom is 0.143 e. The van der Waals surface area contributed by atoms with Crippen LogP contribution in [0, 0.1) is 0 Å². The van der Waals surface area contributed by atoms with Crippen LogP contribution in [0.1, 0.15) is 11.1 Å². The third-order valence-electron chi connectivity index (χ3n) is 3.08. The molecule has 0 saturated carbocycles. The zero-order valence-corrected chi connectivity index (χ0v) is 9.90. The summed E-state index contributed by atoms with van der Waals surface area (Å²) in [6.07, 6.45) is -1.28. The van der Waals surface area contributed by atoms with Gasteiger partial charge in [-0.1, -0.05) is 60.7 Å². The minimum atomic E-state index is -1.60. The highest BCUT2D eigenvalue weighted by Crippen LogP contribution is 2.32. The van der Waals surface area contributed by atoms with E-state index in [0.29, 0.717) is 11.1 Å². The van der Waals surface area contributed by atoms with E-state index in [1.54, 1.807) is 48.5 Å². The summed E-state index contributed by atoms with van der Waals surface area (Å²) in [4.78, 5) is 0. The highest BCUT2D eigenvalue weighted by atomic mass is 16.4. The summed E-state index contributed by atoms with van der Waals surface area (Å²) in [5.41, 5.74) is -0.493. The minimum absolute atomic E-state index is 0.514. The highest BCUT2D eigenvalue weighted by Gasteiger charge is 2.38. The molecule has 0 aliphatic carbocycles. The van der Waals surface area contributed by atoms with Crippen molar-refractivity contribution in [3.8, 4) is 0 Å². The number of aliphatic hydroxyl groups is 3. The van der Waals surface area contributed by atoms with Gasteiger partial charge >= 0.3 is 0 Å². The van der Waals surface area contributed by atoms with Gasteiger partial charge in [-0.25, -0.2) is 0 Å². The van der Waals surface area contributed by atoms with E-state index in [1.807, 2.05) is 12.1 Å². The molecule has 0 aromatic heterocycles. The Morgan fingerprint density at radius 2 is 1.22 bits per heavy atom. The number of benzene rings is 2. The Balaban J connectivity index is 2.55.